The first-order chi connectivity index (χ1) is 10.6. The Labute approximate surface area is 137 Å². The maximum Gasteiger partial charge on any atom is 0.133 e. The van der Waals surface area contributed by atoms with Crippen LogP contribution in [0.1, 0.15) is 22.7 Å². The number of aromatic hydroxyl groups is 1. The third kappa shape index (κ3) is 2.82. The number of ether oxygens (including phenoxy) is 1. The molecule has 0 amide bonds. The lowest BCUT2D eigenvalue weighted by Gasteiger charge is -2.11. The number of phenolic OH excluding ortho intramolecular Hbond substituents is 1. The van der Waals surface area contributed by atoms with Gasteiger partial charge in [-0.25, -0.2) is 5.43 Å². The molecule has 1 aliphatic rings. The molecule has 4 nitrogen and oxygen atoms in total. The second-order valence-electron chi connectivity index (χ2n) is 5.24. The summed E-state index contributed by atoms with van der Waals surface area (Å²) in [6, 6.07) is 11.5. The molecule has 0 fully saturated rings. The van der Waals surface area contributed by atoms with Gasteiger partial charge in [-0.15, -0.1) is 0 Å². The second-order valence-corrected chi connectivity index (χ2v) is 6.10. The summed E-state index contributed by atoms with van der Waals surface area (Å²) >= 11 is 3.50. The first-order valence-corrected chi connectivity index (χ1v) is 7.74. The van der Waals surface area contributed by atoms with Crippen molar-refractivity contribution in [1.29, 1.82) is 0 Å². The van der Waals surface area contributed by atoms with Crippen LogP contribution in [0, 0.1) is 6.92 Å². The quantitative estimate of drug-likeness (QED) is 0.781. The molecule has 3 rings (SSSR count). The van der Waals surface area contributed by atoms with E-state index in [9.17, 15) is 5.11 Å². The van der Waals surface area contributed by atoms with Crippen LogP contribution in [0.15, 0.2) is 46.9 Å². The van der Waals surface area contributed by atoms with Gasteiger partial charge in [0.25, 0.3) is 0 Å². The average Bonchev–Trinajstić information content (AvgIpc) is 2.99. The molecule has 0 radical (unpaired) electrons. The molecule has 0 bridgehead atoms. The summed E-state index contributed by atoms with van der Waals surface area (Å²) in [5.41, 5.74) is 10.2. The summed E-state index contributed by atoms with van der Waals surface area (Å²) in [4.78, 5) is 0. The van der Waals surface area contributed by atoms with Crippen molar-refractivity contribution in [2.45, 2.75) is 13.0 Å². The maximum atomic E-state index is 10.0. The van der Waals surface area contributed by atoms with E-state index in [1.54, 1.807) is 13.2 Å². The van der Waals surface area contributed by atoms with E-state index in [1.807, 2.05) is 37.3 Å². The molecule has 0 aliphatic carbocycles. The molecule has 1 heterocycles. The standard InChI is InChI=1S/C17H17BrN2O2/c1-10-3-5-16(21)12(7-10)15-9-14(19-20-15)11-4-6-17(22-2)13(18)8-11/h3-9,14,19-21H,1-2H3/t14-/m1/s1. The average molecular weight is 361 g/mol. The smallest absolute Gasteiger partial charge is 0.133 e. The number of rotatable bonds is 3. The largest absolute Gasteiger partial charge is 0.507 e. The zero-order valence-corrected chi connectivity index (χ0v) is 13.9. The summed E-state index contributed by atoms with van der Waals surface area (Å²) < 4.78 is 6.16. The molecule has 114 valence electrons. The molecule has 1 aliphatic heterocycles. The zero-order chi connectivity index (χ0) is 15.7. The Morgan fingerprint density at radius 2 is 2.00 bits per heavy atom. The Morgan fingerprint density at radius 1 is 1.18 bits per heavy atom. The van der Waals surface area contributed by atoms with Crippen LogP contribution in [0.4, 0.5) is 0 Å². The first kappa shape index (κ1) is 14.9. The van der Waals surface area contributed by atoms with Gasteiger partial charge < -0.3 is 15.3 Å². The van der Waals surface area contributed by atoms with Gasteiger partial charge in [0.15, 0.2) is 0 Å². The van der Waals surface area contributed by atoms with E-state index in [4.69, 9.17) is 4.74 Å². The van der Waals surface area contributed by atoms with Gasteiger partial charge >= 0.3 is 0 Å². The zero-order valence-electron chi connectivity index (χ0n) is 12.4. The van der Waals surface area contributed by atoms with E-state index in [0.717, 1.165) is 32.6 Å². The van der Waals surface area contributed by atoms with Crippen molar-refractivity contribution in [3.05, 3.63) is 63.6 Å². The van der Waals surface area contributed by atoms with Gasteiger partial charge in [0.2, 0.25) is 0 Å². The predicted molar refractivity (Wildman–Crippen MR) is 90.5 cm³/mol. The molecular weight excluding hydrogens is 344 g/mol. The number of hydrogen-bond acceptors (Lipinski definition) is 4. The molecule has 0 saturated heterocycles. The summed E-state index contributed by atoms with van der Waals surface area (Å²) in [6.07, 6.45) is 2.06. The number of halogens is 1. The van der Waals surface area contributed by atoms with Crippen molar-refractivity contribution in [2.24, 2.45) is 0 Å². The summed E-state index contributed by atoms with van der Waals surface area (Å²) in [5, 5.41) is 10.0. The molecule has 1 atom stereocenters. The van der Waals surface area contributed by atoms with E-state index in [0.29, 0.717) is 0 Å². The molecule has 0 spiro atoms. The van der Waals surface area contributed by atoms with Crippen molar-refractivity contribution in [3.8, 4) is 11.5 Å². The van der Waals surface area contributed by atoms with Crippen molar-refractivity contribution >= 4 is 21.6 Å². The normalized spacial score (nSPS) is 17.0. The lowest BCUT2D eigenvalue weighted by Crippen LogP contribution is -2.26. The van der Waals surface area contributed by atoms with Crippen molar-refractivity contribution in [1.82, 2.24) is 10.9 Å². The van der Waals surface area contributed by atoms with Crippen LogP contribution >= 0.6 is 15.9 Å². The Balaban J connectivity index is 1.91. The Morgan fingerprint density at radius 3 is 2.73 bits per heavy atom. The molecule has 2 aromatic carbocycles. The van der Waals surface area contributed by atoms with Gasteiger partial charge in [0.1, 0.15) is 11.5 Å². The number of hydrazine groups is 1. The van der Waals surface area contributed by atoms with E-state index >= 15 is 0 Å². The number of aryl methyl sites for hydroxylation is 1. The summed E-state index contributed by atoms with van der Waals surface area (Å²) in [7, 11) is 1.65. The second kappa shape index (κ2) is 6.02. The van der Waals surface area contributed by atoms with E-state index in [2.05, 4.69) is 32.9 Å². The Bertz CT molecular complexity index is 743. The van der Waals surface area contributed by atoms with Gasteiger partial charge in [-0.3, -0.25) is 0 Å². The van der Waals surface area contributed by atoms with Crippen LogP contribution in [0.5, 0.6) is 11.5 Å². The number of phenols is 1. The van der Waals surface area contributed by atoms with Crippen molar-refractivity contribution in [2.75, 3.05) is 7.11 Å². The topological polar surface area (TPSA) is 53.5 Å². The molecule has 3 N–H and O–H groups in total. The van der Waals surface area contributed by atoms with Crippen molar-refractivity contribution in [3.63, 3.8) is 0 Å². The highest BCUT2D eigenvalue weighted by Gasteiger charge is 2.20. The SMILES string of the molecule is COc1ccc([C@H]2C=C(c3cc(C)ccc3O)NN2)cc1Br. The third-order valence-electron chi connectivity index (χ3n) is 3.67. The Kier molecular flexibility index (Phi) is 4.09. The highest BCUT2D eigenvalue weighted by molar-refractivity contribution is 9.10. The van der Waals surface area contributed by atoms with Gasteiger partial charge in [-0.2, -0.15) is 0 Å². The molecule has 0 unspecified atom stereocenters. The van der Waals surface area contributed by atoms with Gasteiger partial charge in [-0.1, -0.05) is 17.7 Å². The molecule has 0 aromatic heterocycles. The minimum absolute atomic E-state index is 0.0251. The van der Waals surface area contributed by atoms with Gasteiger partial charge in [0, 0.05) is 5.56 Å². The van der Waals surface area contributed by atoms with Gasteiger partial charge in [-0.05, 0) is 58.8 Å². The van der Waals surface area contributed by atoms with Crippen LogP contribution in [-0.2, 0) is 0 Å². The maximum absolute atomic E-state index is 10.0. The lowest BCUT2D eigenvalue weighted by molar-refractivity contribution is 0.412. The highest BCUT2D eigenvalue weighted by atomic mass is 79.9. The molecule has 0 saturated carbocycles. The van der Waals surface area contributed by atoms with Crippen LogP contribution < -0.4 is 15.6 Å². The fourth-order valence-corrected chi connectivity index (χ4v) is 3.04. The fourth-order valence-electron chi connectivity index (χ4n) is 2.48. The number of methoxy groups -OCH3 is 1. The fraction of sp³-hybridized carbons (Fsp3) is 0.176. The lowest BCUT2D eigenvalue weighted by atomic mass is 10.0. The highest BCUT2D eigenvalue weighted by Crippen LogP contribution is 2.33. The van der Waals surface area contributed by atoms with Crippen LogP contribution in [-0.4, -0.2) is 12.2 Å². The number of benzene rings is 2. The van der Waals surface area contributed by atoms with E-state index in [1.165, 1.54) is 0 Å². The molecule has 5 heteroatoms. The van der Waals surface area contributed by atoms with E-state index in [-0.39, 0.29) is 11.8 Å². The number of nitrogens with one attached hydrogen (secondary N) is 2. The first-order valence-electron chi connectivity index (χ1n) is 6.95. The molecule has 2 aromatic rings. The minimum atomic E-state index is 0.0251. The summed E-state index contributed by atoms with van der Waals surface area (Å²) in [5.74, 6) is 1.07. The Hall–Kier alpha value is -1.98. The van der Waals surface area contributed by atoms with Crippen LogP contribution in [0.25, 0.3) is 5.70 Å². The summed E-state index contributed by atoms with van der Waals surface area (Å²) in [6.45, 7) is 2.00. The number of hydrogen-bond donors (Lipinski definition) is 3. The predicted octanol–water partition coefficient (Wildman–Crippen LogP) is 3.66. The third-order valence-corrected chi connectivity index (χ3v) is 4.29. The minimum Gasteiger partial charge on any atom is -0.507 e. The monoisotopic (exact) mass is 360 g/mol. The van der Waals surface area contributed by atoms with Crippen molar-refractivity contribution < 1.29 is 9.84 Å². The molecular formula is C17H17BrN2O2. The van der Waals surface area contributed by atoms with Crippen LogP contribution in [0.3, 0.4) is 0 Å². The molecule has 22 heavy (non-hydrogen) atoms. The van der Waals surface area contributed by atoms with Gasteiger partial charge in [0.05, 0.1) is 23.3 Å². The van der Waals surface area contributed by atoms with Crippen LogP contribution in [0.2, 0.25) is 0 Å². The van der Waals surface area contributed by atoms with E-state index < -0.39 is 0 Å².